The zero-order chi connectivity index (χ0) is 18.6. The molecule has 0 unspecified atom stereocenters. The second-order valence-corrected chi connectivity index (χ2v) is 6.50. The Morgan fingerprint density at radius 1 is 1.00 bits per heavy atom. The SMILES string of the molecule is O=C(Nc1ccc(F)cc1)c1cccc(-c2cc(N3CCCC3)ncn2)c1. The monoisotopic (exact) mass is 362 g/mol. The lowest BCUT2D eigenvalue weighted by atomic mass is 10.1. The zero-order valence-corrected chi connectivity index (χ0v) is 14.7. The van der Waals surface area contributed by atoms with Crippen LogP contribution in [0.1, 0.15) is 23.2 Å². The summed E-state index contributed by atoms with van der Waals surface area (Å²) in [5.41, 5.74) is 2.69. The quantitative estimate of drug-likeness (QED) is 0.758. The summed E-state index contributed by atoms with van der Waals surface area (Å²) >= 11 is 0. The Morgan fingerprint density at radius 2 is 1.78 bits per heavy atom. The fourth-order valence-corrected chi connectivity index (χ4v) is 3.18. The number of nitrogens with one attached hydrogen (secondary N) is 1. The molecule has 2 heterocycles. The first-order chi connectivity index (χ1) is 13.2. The van der Waals surface area contributed by atoms with Crippen molar-refractivity contribution >= 4 is 17.4 Å². The minimum absolute atomic E-state index is 0.253. The van der Waals surface area contributed by atoms with Gasteiger partial charge in [0.1, 0.15) is 18.0 Å². The second-order valence-electron chi connectivity index (χ2n) is 6.50. The highest BCUT2D eigenvalue weighted by atomic mass is 19.1. The molecule has 1 N–H and O–H groups in total. The Morgan fingerprint density at radius 3 is 2.56 bits per heavy atom. The predicted octanol–water partition coefficient (Wildman–Crippen LogP) is 4.14. The van der Waals surface area contributed by atoms with E-state index in [-0.39, 0.29) is 11.7 Å². The third-order valence-corrected chi connectivity index (χ3v) is 4.61. The van der Waals surface area contributed by atoms with Crippen LogP contribution in [0.5, 0.6) is 0 Å². The lowest BCUT2D eigenvalue weighted by Gasteiger charge is -2.16. The van der Waals surface area contributed by atoms with Crippen LogP contribution in [0.4, 0.5) is 15.9 Å². The minimum Gasteiger partial charge on any atom is -0.357 e. The molecular formula is C21H19FN4O. The molecule has 1 saturated heterocycles. The summed E-state index contributed by atoms with van der Waals surface area (Å²) in [4.78, 5) is 23.5. The number of rotatable bonds is 4. The highest BCUT2D eigenvalue weighted by Gasteiger charge is 2.15. The molecule has 136 valence electrons. The Hall–Kier alpha value is -3.28. The van der Waals surface area contributed by atoms with Crippen molar-refractivity contribution in [3.63, 3.8) is 0 Å². The summed E-state index contributed by atoms with van der Waals surface area (Å²) in [5.74, 6) is 0.323. The van der Waals surface area contributed by atoms with Crippen LogP contribution in [0.25, 0.3) is 11.3 Å². The highest BCUT2D eigenvalue weighted by molar-refractivity contribution is 6.04. The fraction of sp³-hybridized carbons (Fsp3) is 0.190. The molecule has 0 spiro atoms. The highest BCUT2D eigenvalue weighted by Crippen LogP contribution is 2.24. The van der Waals surface area contributed by atoms with Gasteiger partial charge in [0.2, 0.25) is 0 Å². The van der Waals surface area contributed by atoms with Crippen molar-refractivity contribution < 1.29 is 9.18 Å². The second kappa shape index (κ2) is 7.53. The Labute approximate surface area is 156 Å². The normalized spacial score (nSPS) is 13.6. The van der Waals surface area contributed by atoms with E-state index in [4.69, 9.17) is 0 Å². The van der Waals surface area contributed by atoms with E-state index in [1.165, 1.54) is 37.1 Å². The van der Waals surface area contributed by atoms with E-state index in [1.54, 1.807) is 18.5 Å². The molecule has 0 saturated carbocycles. The maximum absolute atomic E-state index is 13.0. The molecule has 0 aliphatic carbocycles. The van der Waals surface area contributed by atoms with Crippen molar-refractivity contribution in [3.05, 3.63) is 72.3 Å². The first-order valence-electron chi connectivity index (χ1n) is 8.93. The summed E-state index contributed by atoms with van der Waals surface area (Å²) in [6.45, 7) is 2.02. The number of aromatic nitrogens is 2. The van der Waals surface area contributed by atoms with E-state index >= 15 is 0 Å². The number of hydrogen-bond acceptors (Lipinski definition) is 4. The third kappa shape index (κ3) is 3.95. The molecule has 3 aromatic rings. The van der Waals surface area contributed by atoms with E-state index in [0.29, 0.717) is 11.3 Å². The number of nitrogens with zero attached hydrogens (tertiary/aromatic N) is 3. The van der Waals surface area contributed by atoms with Gasteiger partial charge in [-0.15, -0.1) is 0 Å². The number of carbonyl (C=O) groups is 1. The van der Waals surface area contributed by atoms with Gasteiger partial charge in [-0.3, -0.25) is 4.79 Å². The van der Waals surface area contributed by atoms with Gasteiger partial charge in [0.25, 0.3) is 5.91 Å². The average Bonchev–Trinajstić information content (AvgIpc) is 3.25. The average molecular weight is 362 g/mol. The Bertz CT molecular complexity index is 952. The Balaban J connectivity index is 1.56. The first kappa shape index (κ1) is 17.1. The minimum atomic E-state index is -0.340. The van der Waals surface area contributed by atoms with Crippen LogP contribution < -0.4 is 10.2 Å². The van der Waals surface area contributed by atoms with Crippen LogP contribution in [-0.2, 0) is 0 Å². The van der Waals surface area contributed by atoms with Gasteiger partial charge in [-0.1, -0.05) is 12.1 Å². The lowest BCUT2D eigenvalue weighted by molar-refractivity contribution is 0.102. The van der Waals surface area contributed by atoms with Gasteiger partial charge in [0.15, 0.2) is 0 Å². The van der Waals surface area contributed by atoms with Crippen molar-refractivity contribution in [1.82, 2.24) is 9.97 Å². The van der Waals surface area contributed by atoms with Crippen molar-refractivity contribution in [2.75, 3.05) is 23.3 Å². The summed E-state index contributed by atoms with van der Waals surface area (Å²) < 4.78 is 13.0. The lowest BCUT2D eigenvalue weighted by Crippen LogP contribution is -2.19. The summed E-state index contributed by atoms with van der Waals surface area (Å²) in [6.07, 6.45) is 3.92. The van der Waals surface area contributed by atoms with Crippen LogP contribution in [0, 0.1) is 5.82 Å². The number of benzene rings is 2. The third-order valence-electron chi connectivity index (χ3n) is 4.61. The molecule has 0 bridgehead atoms. The van der Waals surface area contributed by atoms with Crippen LogP contribution in [-0.4, -0.2) is 29.0 Å². The molecule has 1 aliphatic rings. The molecule has 4 rings (SSSR count). The molecular weight excluding hydrogens is 343 g/mol. The van der Waals surface area contributed by atoms with Crippen molar-refractivity contribution in [2.24, 2.45) is 0 Å². The molecule has 27 heavy (non-hydrogen) atoms. The standard InChI is InChI=1S/C21H19FN4O/c22-17-6-8-18(9-7-17)25-21(27)16-5-3-4-15(12-16)19-13-20(24-14-23-19)26-10-1-2-11-26/h3-9,12-14H,1-2,10-11H2,(H,25,27). The fourth-order valence-electron chi connectivity index (χ4n) is 3.18. The van der Waals surface area contributed by atoms with Gasteiger partial charge in [-0.2, -0.15) is 0 Å². The van der Waals surface area contributed by atoms with Gasteiger partial charge >= 0.3 is 0 Å². The molecule has 0 radical (unpaired) electrons. The van der Waals surface area contributed by atoms with Crippen LogP contribution in [0.2, 0.25) is 0 Å². The van der Waals surface area contributed by atoms with E-state index < -0.39 is 0 Å². The number of anilines is 2. The molecule has 1 amide bonds. The van der Waals surface area contributed by atoms with E-state index in [1.807, 2.05) is 18.2 Å². The van der Waals surface area contributed by atoms with E-state index in [2.05, 4.69) is 20.2 Å². The van der Waals surface area contributed by atoms with Crippen molar-refractivity contribution in [3.8, 4) is 11.3 Å². The van der Waals surface area contributed by atoms with Crippen molar-refractivity contribution in [1.29, 1.82) is 0 Å². The van der Waals surface area contributed by atoms with Crippen LogP contribution >= 0.6 is 0 Å². The number of halogens is 1. The molecule has 0 atom stereocenters. The molecule has 1 aromatic heterocycles. The van der Waals surface area contributed by atoms with Crippen LogP contribution in [0.15, 0.2) is 60.9 Å². The number of amides is 1. The first-order valence-corrected chi connectivity index (χ1v) is 8.93. The van der Waals surface area contributed by atoms with Crippen molar-refractivity contribution in [2.45, 2.75) is 12.8 Å². The summed E-state index contributed by atoms with van der Waals surface area (Å²) in [6, 6.07) is 14.9. The topological polar surface area (TPSA) is 58.1 Å². The predicted molar refractivity (Wildman–Crippen MR) is 103 cm³/mol. The molecule has 1 fully saturated rings. The van der Waals surface area contributed by atoms with Gasteiger partial charge in [-0.25, -0.2) is 14.4 Å². The van der Waals surface area contributed by atoms with Gasteiger partial charge < -0.3 is 10.2 Å². The molecule has 5 nitrogen and oxygen atoms in total. The zero-order valence-electron chi connectivity index (χ0n) is 14.7. The molecule has 6 heteroatoms. The summed E-state index contributed by atoms with van der Waals surface area (Å²) in [5, 5.41) is 2.77. The summed E-state index contributed by atoms with van der Waals surface area (Å²) in [7, 11) is 0. The van der Waals surface area contributed by atoms with E-state index in [0.717, 1.165) is 30.2 Å². The molecule has 1 aliphatic heterocycles. The number of carbonyl (C=O) groups excluding carboxylic acids is 1. The number of hydrogen-bond donors (Lipinski definition) is 1. The van der Waals surface area contributed by atoms with Gasteiger partial charge in [0.05, 0.1) is 5.69 Å². The van der Waals surface area contributed by atoms with Crippen LogP contribution in [0.3, 0.4) is 0 Å². The smallest absolute Gasteiger partial charge is 0.255 e. The largest absolute Gasteiger partial charge is 0.357 e. The maximum Gasteiger partial charge on any atom is 0.255 e. The maximum atomic E-state index is 13.0. The Kier molecular flexibility index (Phi) is 4.78. The molecule has 2 aromatic carbocycles. The van der Waals surface area contributed by atoms with Gasteiger partial charge in [-0.05, 0) is 49.2 Å². The van der Waals surface area contributed by atoms with E-state index in [9.17, 15) is 9.18 Å². The van der Waals surface area contributed by atoms with Gasteiger partial charge in [0, 0.05) is 36.0 Å².